The van der Waals surface area contributed by atoms with Gasteiger partial charge in [0, 0.05) is 6.54 Å². The SMILES string of the molecule is Oc1c(NCC(O)CCl)ccc(F)c1C(F)(F)F. The summed E-state index contributed by atoms with van der Waals surface area (Å²) in [5.41, 5.74) is -2.07. The van der Waals surface area contributed by atoms with Crippen molar-refractivity contribution in [1.29, 1.82) is 0 Å². The lowest BCUT2D eigenvalue weighted by Crippen LogP contribution is -2.21. The minimum Gasteiger partial charge on any atom is -0.505 e. The molecule has 1 atom stereocenters. The van der Waals surface area contributed by atoms with E-state index in [4.69, 9.17) is 16.7 Å². The molecule has 0 spiro atoms. The molecule has 0 radical (unpaired) electrons. The summed E-state index contributed by atoms with van der Waals surface area (Å²) in [6.45, 7) is -0.167. The smallest absolute Gasteiger partial charge is 0.422 e. The van der Waals surface area contributed by atoms with Crippen LogP contribution in [0, 0.1) is 5.82 Å². The number of rotatable bonds is 4. The Kier molecular flexibility index (Phi) is 4.64. The van der Waals surface area contributed by atoms with Crippen molar-refractivity contribution in [3.05, 3.63) is 23.5 Å². The zero-order chi connectivity index (χ0) is 13.9. The number of anilines is 1. The summed E-state index contributed by atoms with van der Waals surface area (Å²) >= 11 is 5.29. The second kappa shape index (κ2) is 5.62. The van der Waals surface area contributed by atoms with E-state index < -0.39 is 29.4 Å². The summed E-state index contributed by atoms with van der Waals surface area (Å²) in [6, 6.07) is 1.53. The van der Waals surface area contributed by atoms with Gasteiger partial charge in [0.15, 0.2) is 5.75 Å². The fourth-order valence-electron chi connectivity index (χ4n) is 1.26. The fraction of sp³-hybridized carbons (Fsp3) is 0.400. The molecule has 3 nitrogen and oxygen atoms in total. The van der Waals surface area contributed by atoms with E-state index in [2.05, 4.69) is 5.32 Å². The second-order valence-electron chi connectivity index (χ2n) is 3.51. The van der Waals surface area contributed by atoms with Crippen molar-refractivity contribution in [2.45, 2.75) is 12.3 Å². The third kappa shape index (κ3) is 3.39. The topological polar surface area (TPSA) is 52.5 Å². The molecule has 0 bridgehead atoms. The van der Waals surface area contributed by atoms with Crippen molar-refractivity contribution in [2.24, 2.45) is 0 Å². The summed E-state index contributed by atoms with van der Waals surface area (Å²) in [6.07, 6.45) is -6.00. The van der Waals surface area contributed by atoms with E-state index >= 15 is 0 Å². The van der Waals surface area contributed by atoms with Gasteiger partial charge in [0.25, 0.3) is 0 Å². The van der Waals surface area contributed by atoms with Crippen molar-refractivity contribution in [3.63, 3.8) is 0 Å². The monoisotopic (exact) mass is 287 g/mol. The zero-order valence-corrected chi connectivity index (χ0v) is 9.69. The van der Waals surface area contributed by atoms with Gasteiger partial charge in [-0.05, 0) is 12.1 Å². The van der Waals surface area contributed by atoms with Gasteiger partial charge in [-0.15, -0.1) is 11.6 Å². The number of nitrogens with one attached hydrogen (secondary N) is 1. The van der Waals surface area contributed by atoms with E-state index in [1.807, 2.05) is 0 Å². The molecule has 1 unspecified atom stereocenters. The molecule has 0 aromatic heterocycles. The predicted octanol–water partition coefficient (Wildman–Crippen LogP) is 2.56. The lowest BCUT2D eigenvalue weighted by molar-refractivity contribution is -0.141. The van der Waals surface area contributed by atoms with Crippen LogP contribution < -0.4 is 5.32 Å². The highest BCUT2D eigenvalue weighted by Gasteiger charge is 2.38. The quantitative estimate of drug-likeness (QED) is 0.453. The molecule has 0 aliphatic heterocycles. The van der Waals surface area contributed by atoms with E-state index in [1.165, 1.54) is 0 Å². The van der Waals surface area contributed by atoms with Gasteiger partial charge in [-0.1, -0.05) is 0 Å². The molecule has 1 aromatic carbocycles. The molecule has 0 aliphatic rings. The number of aromatic hydroxyl groups is 1. The number of halogens is 5. The first-order chi connectivity index (χ1) is 8.27. The van der Waals surface area contributed by atoms with E-state index in [0.717, 1.165) is 6.07 Å². The molecular formula is C10H10ClF4NO2. The van der Waals surface area contributed by atoms with Crippen LogP contribution in [0.2, 0.25) is 0 Å². The number of phenolic OH excluding ortho intramolecular Hbond substituents is 1. The minimum absolute atomic E-state index is 0.124. The third-order valence-electron chi connectivity index (χ3n) is 2.12. The van der Waals surface area contributed by atoms with Gasteiger partial charge in [0.1, 0.15) is 11.4 Å². The van der Waals surface area contributed by atoms with Crippen LogP contribution in [0.15, 0.2) is 12.1 Å². The van der Waals surface area contributed by atoms with Gasteiger partial charge in [0.05, 0.1) is 17.7 Å². The van der Waals surface area contributed by atoms with Crippen LogP contribution in [-0.2, 0) is 6.18 Å². The molecule has 0 saturated heterocycles. The molecule has 0 saturated carbocycles. The van der Waals surface area contributed by atoms with Crippen molar-refractivity contribution < 1.29 is 27.8 Å². The first kappa shape index (κ1) is 14.8. The zero-order valence-electron chi connectivity index (χ0n) is 8.93. The van der Waals surface area contributed by atoms with Gasteiger partial charge < -0.3 is 15.5 Å². The fourth-order valence-corrected chi connectivity index (χ4v) is 1.37. The van der Waals surface area contributed by atoms with Crippen molar-refractivity contribution in [1.82, 2.24) is 0 Å². The Bertz CT molecular complexity index is 425. The average molecular weight is 288 g/mol. The summed E-state index contributed by atoms with van der Waals surface area (Å²) in [5.74, 6) is -2.94. The van der Waals surface area contributed by atoms with Crippen molar-refractivity contribution in [3.8, 4) is 5.75 Å². The molecule has 0 amide bonds. The van der Waals surface area contributed by atoms with Crippen LogP contribution >= 0.6 is 11.6 Å². The van der Waals surface area contributed by atoms with Crippen LogP contribution in [0.25, 0.3) is 0 Å². The maximum Gasteiger partial charge on any atom is 0.422 e. The molecular weight excluding hydrogens is 278 g/mol. The number of benzene rings is 1. The third-order valence-corrected chi connectivity index (χ3v) is 2.47. The molecule has 1 aromatic rings. The van der Waals surface area contributed by atoms with E-state index in [0.29, 0.717) is 6.07 Å². The highest BCUT2D eigenvalue weighted by molar-refractivity contribution is 6.18. The first-order valence-electron chi connectivity index (χ1n) is 4.84. The Balaban J connectivity index is 3.02. The van der Waals surface area contributed by atoms with E-state index in [1.54, 1.807) is 0 Å². The normalized spacial score (nSPS) is 13.4. The van der Waals surface area contributed by atoms with E-state index in [-0.39, 0.29) is 18.1 Å². The number of hydrogen-bond acceptors (Lipinski definition) is 3. The van der Waals surface area contributed by atoms with Crippen LogP contribution in [-0.4, -0.2) is 28.7 Å². The summed E-state index contributed by atoms with van der Waals surface area (Å²) in [4.78, 5) is 0. The predicted molar refractivity (Wildman–Crippen MR) is 58.3 cm³/mol. The summed E-state index contributed by atoms with van der Waals surface area (Å²) in [7, 11) is 0. The maximum absolute atomic E-state index is 13.0. The van der Waals surface area contributed by atoms with Gasteiger partial charge in [-0.25, -0.2) is 4.39 Å². The number of aliphatic hydroxyl groups is 1. The molecule has 18 heavy (non-hydrogen) atoms. The Morgan fingerprint density at radius 1 is 1.33 bits per heavy atom. The molecule has 3 N–H and O–H groups in total. The average Bonchev–Trinajstić information content (AvgIpc) is 2.25. The van der Waals surface area contributed by atoms with Gasteiger partial charge in [-0.2, -0.15) is 13.2 Å². The summed E-state index contributed by atoms with van der Waals surface area (Å²) < 4.78 is 50.4. The number of phenols is 1. The number of alkyl halides is 4. The lowest BCUT2D eigenvalue weighted by atomic mass is 10.1. The van der Waals surface area contributed by atoms with Crippen LogP contribution in [0.4, 0.5) is 23.2 Å². The maximum atomic E-state index is 13.0. The molecule has 8 heteroatoms. The Hall–Kier alpha value is -1.21. The standard InChI is InChI=1S/C10H10ClF4NO2/c11-3-5(17)4-16-7-2-1-6(12)8(9(7)18)10(13,14)15/h1-2,5,16-18H,3-4H2. The number of aliphatic hydroxyl groups excluding tert-OH is 1. The molecule has 0 aliphatic carbocycles. The molecule has 0 heterocycles. The van der Waals surface area contributed by atoms with Crippen molar-refractivity contribution in [2.75, 3.05) is 17.7 Å². The lowest BCUT2D eigenvalue weighted by Gasteiger charge is -2.15. The van der Waals surface area contributed by atoms with Crippen LogP contribution in [0.3, 0.4) is 0 Å². The largest absolute Gasteiger partial charge is 0.505 e. The van der Waals surface area contributed by atoms with Crippen molar-refractivity contribution >= 4 is 17.3 Å². The highest BCUT2D eigenvalue weighted by Crippen LogP contribution is 2.41. The highest BCUT2D eigenvalue weighted by atomic mass is 35.5. The molecule has 102 valence electrons. The Morgan fingerprint density at radius 3 is 2.44 bits per heavy atom. The van der Waals surface area contributed by atoms with Gasteiger partial charge >= 0.3 is 6.18 Å². The van der Waals surface area contributed by atoms with Crippen LogP contribution in [0.5, 0.6) is 5.75 Å². The second-order valence-corrected chi connectivity index (χ2v) is 3.81. The number of hydrogen-bond donors (Lipinski definition) is 3. The minimum atomic E-state index is -5.00. The molecule has 0 fully saturated rings. The van der Waals surface area contributed by atoms with Gasteiger partial charge in [-0.3, -0.25) is 0 Å². The van der Waals surface area contributed by atoms with E-state index in [9.17, 15) is 22.7 Å². The first-order valence-corrected chi connectivity index (χ1v) is 5.37. The van der Waals surface area contributed by atoms with Gasteiger partial charge in [0.2, 0.25) is 0 Å². The van der Waals surface area contributed by atoms with Crippen LogP contribution in [0.1, 0.15) is 5.56 Å². The summed E-state index contributed by atoms with van der Waals surface area (Å²) in [5, 5.41) is 20.8. The molecule has 1 rings (SSSR count). The Labute approximate surface area is 105 Å². The Morgan fingerprint density at radius 2 is 1.94 bits per heavy atom.